The first kappa shape index (κ1) is 21.6. The van der Waals surface area contributed by atoms with Crippen LogP contribution in [0.3, 0.4) is 0 Å². The summed E-state index contributed by atoms with van der Waals surface area (Å²) in [6.45, 7) is 2.68. The zero-order valence-corrected chi connectivity index (χ0v) is 17.6. The minimum absolute atomic E-state index is 0.0414. The summed E-state index contributed by atoms with van der Waals surface area (Å²) in [4.78, 5) is 26.0. The number of hydrogen-bond donors (Lipinski definition) is 3. The zero-order chi connectivity index (χ0) is 21.3. The molecule has 1 fully saturated rings. The number of nitrogens with one attached hydrogen (secondary N) is 3. The Morgan fingerprint density at radius 2 is 1.70 bits per heavy atom. The third kappa shape index (κ3) is 6.22. The highest BCUT2D eigenvalue weighted by Crippen LogP contribution is 2.13. The summed E-state index contributed by atoms with van der Waals surface area (Å²) in [7, 11) is 3.22. The van der Waals surface area contributed by atoms with Gasteiger partial charge in [0.2, 0.25) is 0 Å². The monoisotopic (exact) mass is 412 g/mol. The summed E-state index contributed by atoms with van der Waals surface area (Å²) in [5.74, 6) is 1.43. The van der Waals surface area contributed by atoms with Crippen molar-refractivity contribution >= 4 is 11.8 Å². The van der Waals surface area contributed by atoms with Crippen molar-refractivity contribution < 1.29 is 24.0 Å². The van der Waals surface area contributed by atoms with Crippen LogP contribution in [0.1, 0.15) is 28.8 Å². The molecule has 1 saturated heterocycles. The Balaban J connectivity index is 1.38. The number of quaternary nitrogens is 1. The number of methoxy groups -OCH3 is 2. The third-order valence-corrected chi connectivity index (χ3v) is 5.42. The predicted molar refractivity (Wildman–Crippen MR) is 114 cm³/mol. The van der Waals surface area contributed by atoms with E-state index in [2.05, 4.69) is 10.6 Å². The van der Waals surface area contributed by atoms with E-state index in [9.17, 15) is 9.59 Å². The average molecular weight is 413 g/mol. The van der Waals surface area contributed by atoms with Crippen molar-refractivity contribution in [2.45, 2.75) is 25.4 Å². The van der Waals surface area contributed by atoms with Crippen LogP contribution in [0.25, 0.3) is 0 Å². The van der Waals surface area contributed by atoms with E-state index in [1.165, 1.54) is 4.90 Å². The lowest BCUT2D eigenvalue weighted by atomic mass is 10.0. The summed E-state index contributed by atoms with van der Waals surface area (Å²) in [5, 5.41) is 6.07. The molecule has 1 aliphatic rings. The van der Waals surface area contributed by atoms with Gasteiger partial charge >= 0.3 is 0 Å². The number of rotatable bonds is 8. The third-order valence-electron chi connectivity index (χ3n) is 5.42. The SMILES string of the molecule is COc1ccc(CNC(=O)C[NH+]2CCC(NC(=O)c3cccc(OC)c3)CC2)cc1. The molecule has 0 aromatic heterocycles. The van der Waals surface area contributed by atoms with Crippen molar-refractivity contribution in [3.63, 3.8) is 0 Å². The molecule has 7 heteroatoms. The van der Waals surface area contributed by atoms with Crippen molar-refractivity contribution in [2.75, 3.05) is 33.9 Å². The number of benzene rings is 2. The first-order valence-corrected chi connectivity index (χ1v) is 10.3. The number of ether oxygens (including phenoxy) is 2. The van der Waals surface area contributed by atoms with Crippen LogP contribution in [0.4, 0.5) is 0 Å². The minimum atomic E-state index is -0.0837. The summed E-state index contributed by atoms with van der Waals surface area (Å²) >= 11 is 0. The molecule has 2 amide bonds. The highest BCUT2D eigenvalue weighted by molar-refractivity contribution is 5.94. The Hall–Kier alpha value is -3.06. The zero-order valence-electron chi connectivity index (χ0n) is 17.6. The van der Waals surface area contributed by atoms with Crippen LogP contribution in [0.5, 0.6) is 11.5 Å². The lowest BCUT2D eigenvalue weighted by Gasteiger charge is -2.29. The van der Waals surface area contributed by atoms with Crippen LogP contribution in [0, 0.1) is 0 Å². The van der Waals surface area contributed by atoms with Crippen molar-refractivity contribution in [3.05, 3.63) is 59.7 Å². The van der Waals surface area contributed by atoms with E-state index in [1.54, 1.807) is 26.4 Å². The number of piperidine rings is 1. The van der Waals surface area contributed by atoms with Gasteiger partial charge in [0, 0.05) is 31.0 Å². The minimum Gasteiger partial charge on any atom is -0.497 e. The molecule has 3 rings (SSSR count). The highest BCUT2D eigenvalue weighted by Gasteiger charge is 2.25. The molecule has 1 heterocycles. The summed E-state index contributed by atoms with van der Waals surface area (Å²) in [5.41, 5.74) is 1.64. The maximum absolute atomic E-state index is 12.5. The Labute approximate surface area is 177 Å². The molecule has 2 aromatic rings. The maximum atomic E-state index is 12.5. The molecule has 30 heavy (non-hydrogen) atoms. The number of hydrogen-bond acceptors (Lipinski definition) is 4. The molecular formula is C23H30N3O4+. The normalized spacial score (nSPS) is 18.3. The topological polar surface area (TPSA) is 81.1 Å². The van der Waals surface area contributed by atoms with Gasteiger partial charge in [-0.05, 0) is 35.9 Å². The Kier molecular flexibility index (Phi) is 7.68. The Morgan fingerprint density at radius 3 is 2.37 bits per heavy atom. The highest BCUT2D eigenvalue weighted by atomic mass is 16.5. The second-order valence-corrected chi connectivity index (χ2v) is 7.53. The van der Waals surface area contributed by atoms with Crippen molar-refractivity contribution in [3.8, 4) is 11.5 Å². The molecule has 0 atom stereocenters. The largest absolute Gasteiger partial charge is 0.497 e. The summed E-state index contributed by atoms with van der Waals surface area (Å²) in [6.07, 6.45) is 1.72. The van der Waals surface area contributed by atoms with Gasteiger partial charge in [-0.15, -0.1) is 0 Å². The predicted octanol–water partition coefficient (Wildman–Crippen LogP) is 0.797. The smallest absolute Gasteiger partial charge is 0.275 e. The molecular weight excluding hydrogens is 382 g/mol. The van der Waals surface area contributed by atoms with Crippen molar-refractivity contribution in [1.29, 1.82) is 0 Å². The molecule has 2 aromatic carbocycles. The molecule has 0 radical (unpaired) electrons. The molecule has 0 spiro atoms. The molecule has 1 aliphatic heterocycles. The van der Waals surface area contributed by atoms with Crippen LogP contribution in [0.2, 0.25) is 0 Å². The first-order valence-electron chi connectivity index (χ1n) is 10.3. The van der Waals surface area contributed by atoms with E-state index in [0.29, 0.717) is 24.4 Å². The molecule has 0 bridgehead atoms. The maximum Gasteiger partial charge on any atom is 0.275 e. The van der Waals surface area contributed by atoms with E-state index in [0.717, 1.165) is 37.2 Å². The van der Waals surface area contributed by atoms with Gasteiger partial charge in [0.15, 0.2) is 6.54 Å². The fourth-order valence-electron chi connectivity index (χ4n) is 3.61. The number of carbonyl (C=O) groups excluding carboxylic acids is 2. The molecule has 3 N–H and O–H groups in total. The second kappa shape index (κ2) is 10.6. The van der Waals surface area contributed by atoms with Gasteiger partial charge in [0.1, 0.15) is 11.5 Å². The van der Waals surface area contributed by atoms with Crippen LogP contribution >= 0.6 is 0 Å². The van der Waals surface area contributed by atoms with Crippen LogP contribution < -0.4 is 25.0 Å². The Bertz CT molecular complexity index is 846. The van der Waals surface area contributed by atoms with E-state index >= 15 is 0 Å². The molecule has 0 saturated carbocycles. The number of carbonyl (C=O) groups is 2. The first-order chi connectivity index (χ1) is 14.6. The van der Waals surface area contributed by atoms with E-state index in [1.807, 2.05) is 36.4 Å². The van der Waals surface area contributed by atoms with Gasteiger partial charge < -0.3 is 25.0 Å². The fourth-order valence-corrected chi connectivity index (χ4v) is 3.61. The lowest BCUT2D eigenvalue weighted by Crippen LogP contribution is -3.14. The number of amides is 2. The second-order valence-electron chi connectivity index (χ2n) is 7.53. The van der Waals surface area contributed by atoms with Gasteiger partial charge in [-0.2, -0.15) is 0 Å². The van der Waals surface area contributed by atoms with Crippen molar-refractivity contribution in [2.24, 2.45) is 0 Å². The number of likely N-dealkylation sites (tertiary alicyclic amines) is 1. The average Bonchev–Trinajstić information content (AvgIpc) is 2.79. The van der Waals surface area contributed by atoms with Gasteiger partial charge in [0.05, 0.1) is 27.3 Å². The van der Waals surface area contributed by atoms with Gasteiger partial charge in [0.25, 0.3) is 11.8 Å². The standard InChI is InChI=1S/C23H29N3O4/c1-29-20-8-6-17(7-9-20)15-24-22(27)16-26-12-10-19(11-13-26)25-23(28)18-4-3-5-21(14-18)30-2/h3-9,14,19H,10-13,15-16H2,1-2H3,(H,24,27)(H,25,28)/p+1. The van der Waals surface area contributed by atoms with E-state index in [-0.39, 0.29) is 17.9 Å². The quantitative estimate of drug-likeness (QED) is 0.599. The van der Waals surface area contributed by atoms with Gasteiger partial charge in [-0.1, -0.05) is 18.2 Å². The van der Waals surface area contributed by atoms with Crippen molar-refractivity contribution in [1.82, 2.24) is 10.6 Å². The van der Waals surface area contributed by atoms with Crippen LogP contribution in [-0.2, 0) is 11.3 Å². The van der Waals surface area contributed by atoms with Crippen LogP contribution in [0.15, 0.2) is 48.5 Å². The molecule has 0 aliphatic carbocycles. The molecule has 160 valence electrons. The van der Waals surface area contributed by atoms with Gasteiger partial charge in [-0.3, -0.25) is 9.59 Å². The van der Waals surface area contributed by atoms with E-state index < -0.39 is 0 Å². The summed E-state index contributed by atoms with van der Waals surface area (Å²) < 4.78 is 10.3. The van der Waals surface area contributed by atoms with Crippen LogP contribution in [-0.4, -0.2) is 51.7 Å². The summed E-state index contributed by atoms with van der Waals surface area (Å²) in [6, 6.07) is 15.0. The lowest BCUT2D eigenvalue weighted by molar-refractivity contribution is -0.897. The molecule has 0 unspecified atom stereocenters. The van der Waals surface area contributed by atoms with Gasteiger partial charge in [-0.25, -0.2) is 0 Å². The van der Waals surface area contributed by atoms with E-state index in [4.69, 9.17) is 9.47 Å². The Morgan fingerprint density at radius 1 is 1.00 bits per heavy atom. The molecule has 7 nitrogen and oxygen atoms in total. The fraction of sp³-hybridized carbons (Fsp3) is 0.391.